The van der Waals surface area contributed by atoms with E-state index in [4.69, 9.17) is 0 Å². The SMILES string of the molecule is O=CC1C=C(c2ccccc2)C=C([N+](=O)[O-])C1(O)F. The van der Waals surface area contributed by atoms with Crippen LogP contribution in [-0.2, 0) is 4.79 Å². The maximum atomic E-state index is 13.9. The summed E-state index contributed by atoms with van der Waals surface area (Å²) in [7, 11) is 0. The van der Waals surface area contributed by atoms with E-state index in [0.717, 1.165) is 6.08 Å². The summed E-state index contributed by atoms with van der Waals surface area (Å²) in [5.74, 6) is -4.89. The number of aliphatic hydroxyl groups is 1. The van der Waals surface area contributed by atoms with Gasteiger partial charge in [0.15, 0.2) is 0 Å². The van der Waals surface area contributed by atoms with Gasteiger partial charge in [0.25, 0.3) is 0 Å². The fourth-order valence-corrected chi connectivity index (χ4v) is 1.89. The Bertz CT molecular complexity index is 578. The first-order valence-corrected chi connectivity index (χ1v) is 5.47. The summed E-state index contributed by atoms with van der Waals surface area (Å²) in [6, 6.07) is 8.52. The molecule has 19 heavy (non-hydrogen) atoms. The molecule has 1 aromatic rings. The fourth-order valence-electron chi connectivity index (χ4n) is 1.89. The molecule has 0 fully saturated rings. The molecule has 0 bridgehead atoms. The van der Waals surface area contributed by atoms with Crippen LogP contribution in [0.25, 0.3) is 5.57 Å². The van der Waals surface area contributed by atoms with E-state index in [1.54, 1.807) is 30.3 Å². The standard InChI is InChI=1S/C13H10FNO4/c14-13(17)11(8-16)6-10(7-12(13)15(18)19)9-4-2-1-3-5-9/h1-8,11,17H. The van der Waals surface area contributed by atoms with Gasteiger partial charge in [-0.15, -0.1) is 0 Å². The van der Waals surface area contributed by atoms with Gasteiger partial charge in [-0.25, -0.2) is 0 Å². The molecule has 0 heterocycles. The van der Waals surface area contributed by atoms with Crippen LogP contribution in [0.1, 0.15) is 5.56 Å². The molecule has 2 atom stereocenters. The lowest BCUT2D eigenvalue weighted by atomic mass is 9.87. The highest BCUT2D eigenvalue weighted by molar-refractivity contribution is 5.80. The van der Waals surface area contributed by atoms with Crippen LogP contribution < -0.4 is 0 Å². The van der Waals surface area contributed by atoms with Gasteiger partial charge in [0.05, 0.1) is 4.92 Å². The third-order valence-corrected chi connectivity index (χ3v) is 2.90. The van der Waals surface area contributed by atoms with Crippen LogP contribution in [-0.4, -0.2) is 22.2 Å². The van der Waals surface area contributed by atoms with Crippen LogP contribution in [0.15, 0.2) is 48.2 Å². The summed E-state index contributed by atoms with van der Waals surface area (Å²) in [4.78, 5) is 20.6. The monoisotopic (exact) mass is 263 g/mol. The molecule has 0 amide bonds. The number of rotatable bonds is 3. The van der Waals surface area contributed by atoms with Crippen molar-refractivity contribution in [3.63, 3.8) is 0 Å². The highest BCUT2D eigenvalue weighted by atomic mass is 19.2. The minimum absolute atomic E-state index is 0.152. The van der Waals surface area contributed by atoms with Crippen molar-refractivity contribution in [2.45, 2.75) is 5.85 Å². The van der Waals surface area contributed by atoms with E-state index in [0.29, 0.717) is 11.1 Å². The predicted molar refractivity (Wildman–Crippen MR) is 65.1 cm³/mol. The zero-order valence-electron chi connectivity index (χ0n) is 9.69. The molecule has 98 valence electrons. The number of carbonyl (C=O) groups is 1. The van der Waals surface area contributed by atoms with Crippen molar-refractivity contribution in [2.75, 3.05) is 0 Å². The van der Waals surface area contributed by atoms with Crippen molar-refractivity contribution < 1.29 is 19.2 Å². The zero-order chi connectivity index (χ0) is 14.0. The first-order valence-electron chi connectivity index (χ1n) is 5.47. The summed E-state index contributed by atoms with van der Waals surface area (Å²) in [6.45, 7) is 0. The highest BCUT2D eigenvalue weighted by Crippen LogP contribution is 2.36. The van der Waals surface area contributed by atoms with Crippen molar-refractivity contribution in [1.82, 2.24) is 0 Å². The van der Waals surface area contributed by atoms with Crippen molar-refractivity contribution in [2.24, 2.45) is 5.92 Å². The number of allylic oxidation sites excluding steroid dienone is 2. The molecular formula is C13H10FNO4. The highest BCUT2D eigenvalue weighted by Gasteiger charge is 2.50. The Kier molecular flexibility index (Phi) is 3.26. The quantitative estimate of drug-likeness (QED) is 0.511. The lowest BCUT2D eigenvalue weighted by molar-refractivity contribution is -0.455. The number of hydrogen-bond acceptors (Lipinski definition) is 4. The Morgan fingerprint density at radius 3 is 2.53 bits per heavy atom. The zero-order valence-corrected chi connectivity index (χ0v) is 9.69. The molecule has 0 saturated heterocycles. The molecule has 1 aliphatic rings. The number of hydrogen-bond donors (Lipinski definition) is 1. The van der Waals surface area contributed by atoms with Gasteiger partial charge in [0.1, 0.15) is 12.2 Å². The summed E-state index contributed by atoms with van der Waals surface area (Å²) < 4.78 is 13.9. The molecule has 6 heteroatoms. The number of carbonyl (C=O) groups excluding carboxylic acids is 1. The maximum Gasteiger partial charge on any atom is 0.311 e. The molecule has 0 aromatic heterocycles. The first kappa shape index (κ1) is 13.1. The second-order valence-corrected chi connectivity index (χ2v) is 4.11. The Hall–Kier alpha value is -2.34. The van der Waals surface area contributed by atoms with Gasteiger partial charge in [-0.3, -0.25) is 10.1 Å². The topological polar surface area (TPSA) is 80.4 Å². The Balaban J connectivity index is 2.55. The number of nitro groups is 1. The van der Waals surface area contributed by atoms with Crippen molar-refractivity contribution >= 4 is 11.9 Å². The van der Waals surface area contributed by atoms with Crippen molar-refractivity contribution in [3.05, 3.63) is 63.9 Å². The number of aldehydes is 1. The van der Waals surface area contributed by atoms with E-state index < -0.39 is 22.4 Å². The molecule has 0 saturated carbocycles. The van der Waals surface area contributed by atoms with Gasteiger partial charge in [-0.1, -0.05) is 36.4 Å². The van der Waals surface area contributed by atoms with Crippen LogP contribution in [0.4, 0.5) is 4.39 Å². The van der Waals surface area contributed by atoms with E-state index in [-0.39, 0.29) is 6.29 Å². The van der Waals surface area contributed by atoms with Crippen LogP contribution >= 0.6 is 0 Å². The minimum atomic E-state index is -3.29. The number of benzene rings is 1. The average Bonchev–Trinajstić information content (AvgIpc) is 2.38. The lowest BCUT2D eigenvalue weighted by Gasteiger charge is -2.24. The Morgan fingerprint density at radius 1 is 1.37 bits per heavy atom. The molecular weight excluding hydrogens is 253 g/mol. The molecule has 0 radical (unpaired) electrons. The molecule has 1 aliphatic carbocycles. The van der Waals surface area contributed by atoms with E-state index in [9.17, 15) is 24.4 Å². The van der Waals surface area contributed by atoms with Crippen LogP contribution in [0.2, 0.25) is 0 Å². The van der Waals surface area contributed by atoms with Crippen LogP contribution in [0, 0.1) is 16.0 Å². The summed E-state index contributed by atoms with van der Waals surface area (Å²) in [6.07, 6.45) is 2.27. The van der Waals surface area contributed by atoms with Crippen molar-refractivity contribution in [1.29, 1.82) is 0 Å². The van der Waals surface area contributed by atoms with Gasteiger partial charge in [-0.05, 0) is 11.1 Å². The second-order valence-electron chi connectivity index (χ2n) is 4.11. The number of nitrogens with zero attached hydrogens (tertiary/aromatic N) is 1. The minimum Gasteiger partial charge on any atom is -0.353 e. The summed E-state index contributed by atoms with van der Waals surface area (Å²) in [5, 5.41) is 20.3. The molecule has 0 spiro atoms. The van der Waals surface area contributed by atoms with E-state index in [1.165, 1.54) is 6.08 Å². The number of halogens is 1. The Labute approximate surface area is 107 Å². The predicted octanol–water partition coefficient (Wildman–Crippen LogP) is 1.72. The van der Waals surface area contributed by atoms with Gasteiger partial charge in [-0.2, -0.15) is 4.39 Å². The van der Waals surface area contributed by atoms with E-state index in [1.807, 2.05) is 0 Å². The summed E-state index contributed by atoms with van der Waals surface area (Å²) >= 11 is 0. The Morgan fingerprint density at radius 2 is 2.00 bits per heavy atom. The van der Waals surface area contributed by atoms with E-state index in [2.05, 4.69) is 0 Å². The maximum absolute atomic E-state index is 13.9. The largest absolute Gasteiger partial charge is 0.353 e. The van der Waals surface area contributed by atoms with Crippen LogP contribution in [0.5, 0.6) is 0 Å². The first-order chi connectivity index (χ1) is 8.96. The molecule has 2 unspecified atom stereocenters. The van der Waals surface area contributed by atoms with Gasteiger partial charge in [0.2, 0.25) is 0 Å². The smallest absolute Gasteiger partial charge is 0.311 e. The van der Waals surface area contributed by atoms with Crippen molar-refractivity contribution in [3.8, 4) is 0 Å². The van der Waals surface area contributed by atoms with Gasteiger partial charge >= 0.3 is 11.6 Å². The third kappa shape index (κ3) is 2.30. The van der Waals surface area contributed by atoms with Crippen LogP contribution in [0.3, 0.4) is 0 Å². The molecule has 0 aliphatic heterocycles. The average molecular weight is 263 g/mol. The van der Waals surface area contributed by atoms with Gasteiger partial charge in [0, 0.05) is 6.08 Å². The molecule has 2 rings (SSSR count). The fraction of sp³-hybridized carbons (Fsp3) is 0.154. The lowest BCUT2D eigenvalue weighted by Crippen LogP contribution is -2.40. The molecule has 1 N–H and O–H groups in total. The molecule has 5 nitrogen and oxygen atoms in total. The van der Waals surface area contributed by atoms with E-state index >= 15 is 0 Å². The third-order valence-electron chi connectivity index (χ3n) is 2.90. The second kappa shape index (κ2) is 4.74. The number of alkyl halides is 1. The summed E-state index contributed by atoms with van der Waals surface area (Å²) in [5.41, 5.74) is -0.109. The van der Waals surface area contributed by atoms with Gasteiger partial charge < -0.3 is 9.90 Å². The normalized spacial score (nSPS) is 26.3. The molecule has 1 aromatic carbocycles.